The van der Waals surface area contributed by atoms with E-state index in [0.717, 1.165) is 24.5 Å². The fourth-order valence-corrected chi connectivity index (χ4v) is 3.06. The highest BCUT2D eigenvalue weighted by atomic mass is 35.5. The van der Waals surface area contributed by atoms with Crippen LogP contribution in [0.1, 0.15) is 12.5 Å². The first-order valence-corrected chi connectivity index (χ1v) is 8.75. The molecule has 0 atom stereocenters. The summed E-state index contributed by atoms with van der Waals surface area (Å²) in [5, 5.41) is 0.656. The van der Waals surface area contributed by atoms with Crippen LogP contribution in [0.2, 0.25) is 5.02 Å². The van der Waals surface area contributed by atoms with Crippen molar-refractivity contribution in [2.45, 2.75) is 13.3 Å². The van der Waals surface area contributed by atoms with Gasteiger partial charge in [-0.2, -0.15) is 0 Å². The second-order valence-corrected chi connectivity index (χ2v) is 6.26. The van der Waals surface area contributed by atoms with Crippen molar-refractivity contribution in [2.24, 2.45) is 0 Å². The maximum absolute atomic E-state index is 12.5. The summed E-state index contributed by atoms with van der Waals surface area (Å²) in [5.41, 5.74) is 0.942. The summed E-state index contributed by atoms with van der Waals surface area (Å²) < 4.78 is 5.42. The average Bonchev–Trinajstić information content (AvgIpc) is 2.62. The quantitative estimate of drug-likeness (QED) is 0.819. The Morgan fingerprint density at radius 1 is 1.20 bits per heavy atom. The second-order valence-electron chi connectivity index (χ2n) is 5.82. The van der Waals surface area contributed by atoms with E-state index in [9.17, 15) is 4.79 Å². The number of carbonyl (C=O) groups is 1. The van der Waals surface area contributed by atoms with Crippen LogP contribution in [0.3, 0.4) is 0 Å². The Hall–Kier alpha value is -2.34. The molecule has 1 fully saturated rings. The van der Waals surface area contributed by atoms with Crippen molar-refractivity contribution in [3.05, 3.63) is 47.2 Å². The molecule has 0 aliphatic carbocycles. The minimum atomic E-state index is 0.125. The molecule has 0 saturated carbocycles. The van der Waals surface area contributed by atoms with Gasteiger partial charge in [0.1, 0.15) is 12.1 Å². The second kappa shape index (κ2) is 8.16. The Balaban J connectivity index is 1.56. The van der Waals surface area contributed by atoms with Crippen LogP contribution >= 0.6 is 11.6 Å². The van der Waals surface area contributed by atoms with Gasteiger partial charge in [0.05, 0.1) is 13.0 Å². The van der Waals surface area contributed by atoms with Crippen LogP contribution in [0.25, 0.3) is 0 Å². The number of benzene rings is 1. The standard InChI is InChI=1S/C18H21ClN4O2/c1-2-25-17-12-16(20-13-21-17)22-6-8-23(9-7-22)18(24)11-14-4-3-5-15(19)10-14/h3-5,10,12-13H,2,6-9,11H2,1H3. The number of amides is 1. The van der Waals surface area contributed by atoms with Crippen molar-refractivity contribution in [1.82, 2.24) is 14.9 Å². The molecule has 0 radical (unpaired) electrons. The fraction of sp³-hybridized carbons (Fsp3) is 0.389. The number of rotatable bonds is 5. The number of hydrogen-bond donors (Lipinski definition) is 0. The Labute approximate surface area is 152 Å². The molecule has 0 spiro atoms. The van der Waals surface area contributed by atoms with Crippen molar-refractivity contribution in [1.29, 1.82) is 0 Å². The van der Waals surface area contributed by atoms with E-state index in [4.69, 9.17) is 16.3 Å². The van der Waals surface area contributed by atoms with Crippen LogP contribution < -0.4 is 9.64 Å². The first-order chi connectivity index (χ1) is 12.2. The molecule has 0 bridgehead atoms. The van der Waals surface area contributed by atoms with E-state index < -0.39 is 0 Å². The third-order valence-electron chi connectivity index (χ3n) is 4.12. The summed E-state index contributed by atoms with van der Waals surface area (Å²) in [7, 11) is 0. The lowest BCUT2D eigenvalue weighted by Crippen LogP contribution is -2.49. The van der Waals surface area contributed by atoms with Gasteiger partial charge in [0, 0.05) is 37.3 Å². The van der Waals surface area contributed by atoms with Gasteiger partial charge in [-0.1, -0.05) is 23.7 Å². The maximum atomic E-state index is 12.5. The molecule has 0 N–H and O–H groups in total. The molecule has 1 aliphatic heterocycles. The van der Waals surface area contributed by atoms with Gasteiger partial charge in [-0.05, 0) is 24.6 Å². The van der Waals surface area contributed by atoms with Gasteiger partial charge in [-0.25, -0.2) is 9.97 Å². The minimum absolute atomic E-state index is 0.125. The number of hydrogen-bond acceptors (Lipinski definition) is 5. The van der Waals surface area contributed by atoms with Crippen LogP contribution in [-0.4, -0.2) is 53.6 Å². The van der Waals surface area contributed by atoms with Crippen LogP contribution in [-0.2, 0) is 11.2 Å². The molecule has 6 nitrogen and oxygen atoms in total. The van der Waals surface area contributed by atoms with Crippen LogP contribution in [0.5, 0.6) is 5.88 Å². The van der Waals surface area contributed by atoms with Crippen molar-refractivity contribution in [3.8, 4) is 5.88 Å². The van der Waals surface area contributed by atoms with Gasteiger partial charge < -0.3 is 14.5 Å². The van der Waals surface area contributed by atoms with Gasteiger partial charge in [-0.15, -0.1) is 0 Å². The average molecular weight is 361 g/mol. The molecule has 1 saturated heterocycles. The Bertz CT molecular complexity index is 733. The van der Waals surface area contributed by atoms with Gasteiger partial charge in [0.2, 0.25) is 11.8 Å². The molecule has 1 aliphatic rings. The summed E-state index contributed by atoms with van der Waals surface area (Å²) in [5.74, 6) is 1.53. The van der Waals surface area contributed by atoms with E-state index in [1.54, 1.807) is 0 Å². The molecule has 1 amide bonds. The molecule has 1 aromatic heterocycles. The van der Waals surface area contributed by atoms with Gasteiger partial charge in [-0.3, -0.25) is 4.79 Å². The van der Waals surface area contributed by atoms with Gasteiger partial charge in [0.15, 0.2) is 0 Å². The molecule has 3 rings (SSSR count). The molecule has 2 aromatic rings. The number of carbonyl (C=O) groups excluding carboxylic acids is 1. The normalized spacial score (nSPS) is 14.5. The Kier molecular flexibility index (Phi) is 5.71. The van der Waals surface area contributed by atoms with Gasteiger partial charge >= 0.3 is 0 Å². The fourth-order valence-electron chi connectivity index (χ4n) is 2.85. The molecule has 2 heterocycles. The molecule has 0 unspecified atom stereocenters. The van der Waals surface area contributed by atoms with Crippen LogP contribution in [0, 0.1) is 0 Å². The topological polar surface area (TPSA) is 58.6 Å². The van der Waals surface area contributed by atoms with E-state index in [1.807, 2.05) is 42.2 Å². The number of ether oxygens (including phenoxy) is 1. The van der Waals surface area contributed by atoms with Crippen molar-refractivity contribution < 1.29 is 9.53 Å². The third kappa shape index (κ3) is 4.60. The molecule has 132 valence electrons. The largest absolute Gasteiger partial charge is 0.478 e. The van der Waals surface area contributed by atoms with Crippen molar-refractivity contribution >= 4 is 23.3 Å². The van der Waals surface area contributed by atoms with Crippen molar-refractivity contribution in [2.75, 3.05) is 37.7 Å². The smallest absolute Gasteiger partial charge is 0.227 e. The summed E-state index contributed by atoms with van der Waals surface area (Å²) in [6.07, 6.45) is 1.89. The monoisotopic (exact) mass is 360 g/mol. The number of nitrogens with zero attached hydrogens (tertiary/aromatic N) is 4. The lowest BCUT2D eigenvalue weighted by atomic mass is 10.1. The third-order valence-corrected chi connectivity index (χ3v) is 4.36. The lowest BCUT2D eigenvalue weighted by Gasteiger charge is -2.35. The van der Waals surface area contributed by atoms with Crippen LogP contribution in [0.4, 0.5) is 5.82 Å². The summed E-state index contributed by atoms with van der Waals surface area (Å²) in [4.78, 5) is 24.9. The van der Waals surface area contributed by atoms with Crippen LogP contribution in [0.15, 0.2) is 36.7 Å². The maximum Gasteiger partial charge on any atom is 0.227 e. The predicted octanol–water partition coefficient (Wildman–Crippen LogP) is 2.42. The summed E-state index contributed by atoms with van der Waals surface area (Å²) in [6.45, 7) is 5.32. The SMILES string of the molecule is CCOc1cc(N2CCN(C(=O)Cc3cccc(Cl)c3)CC2)ncn1. The Morgan fingerprint density at radius 2 is 2.00 bits per heavy atom. The predicted molar refractivity (Wildman–Crippen MR) is 97.2 cm³/mol. The van der Waals surface area contributed by atoms with E-state index in [1.165, 1.54) is 6.33 Å². The minimum Gasteiger partial charge on any atom is -0.478 e. The Morgan fingerprint density at radius 3 is 2.72 bits per heavy atom. The summed E-state index contributed by atoms with van der Waals surface area (Å²) in [6, 6.07) is 9.29. The molecule has 25 heavy (non-hydrogen) atoms. The number of halogens is 1. The lowest BCUT2D eigenvalue weighted by molar-refractivity contribution is -0.130. The zero-order valence-corrected chi connectivity index (χ0v) is 14.9. The molecular formula is C18H21ClN4O2. The zero-order chi connectivity index (χ0) is 17.6. The van der Waals surface area contributed by atoms with E-state index >= 15 is 0 Å². The first-order valence-electron chi connectivity index (χ1n) is 8.37. The molecular weight excluding hydrogens is 340 g/mol. The number of piperazine rings is 1. The molecule has 7 heteroatoms. The van der Waals surface area contributed by atoms with E-state index in [-0.39, 0.29) is 5.91 Å². The van der Waals surface area contributed by atoms with Crippen molar-refractivity contribution in [3.63, 3.8) is 0 Å². The highest BCUT2D eigenvalue weighted by molar-refractivity contribution is 6.30. The van der Waals surface area contributed by atoms with E-state index in [2.05, 4.69) is 14.9 Å². The number of aromatic nitrogens is 2. The molecule has 1 aromatic carbocycles. The summed E-state index contributed by atoms with van der Waals surface area (Å²) >= 11 is 5.98. The van der Waals surface area contributed by atoms with Gasteiger partial charge in [0.25, 0.3) is 0 Å². The highest BCUT2D eigenvalue weighted by Gasteiger charge is 2.22. The van der Waals surface area contributed by atoms with E-state index in [0.29, 0.717) is 37.0 Å². The highest BCUT2D eigenvalue weighted by Crippen LogP contribution is 2.18. The first kappa shape index (κ1) is 17.5. The zero-order valence-electron chi connectivity index (χ0n) is 14.2. The number of anilines is 1.